The van der Waals surface area contributed by atoms with Gasteiger partial charge in [0.1, 0.15) is 0 Å². The van der Waals surface area contributed by atoms with Crippen molar-refractivity contribution in [3.05, 3.63) is 35.4 Å². The Balaban J connectivity index is 2.09. The first kappa shape index (κ1) is 12.6. The summed E-state index contributed by atoms with van der Waals surface area (Å²) in [7, 11) is 0. The minimum atomic E-state index is -0.291. The summed E-state index contributed by atoms with van der Waals surface area (Å²) in [6.07, 6.45) is 1.42. The molecule has 17 heavy (non-hydrogen) atoms. The SMILES string of the molecule is CCc1ccccc1CN1C[C@H](O)C[C@@H]1CO. The molecule has 0 saturated carbocycles. The molecule has 1 heterocycles. The quantitative estimate of drug-likeness (QED) is 0.823. The number of aliphatic hydroxyl groups is 2. The third-order valence-electron chi connectivity index (χ3n) is 3.59. The molecule has 0 aliphatic carbocycles. The second kappa shape index (κ2) is 5.63. The number of aliphatic hydroxyl groups excluding tert-OH is 2. The van der Waals surface area contributed by atoms with Gasteiger partial charge in [0, 0.05) is 19.1 Å². The van der Waals surface area contributed by atoms with Gasteiger partial charge in [0.25, 0.3) is 0 Å². The highest BCUT2D eigenvalue weighted by Crippen LogP contribution is 2.21. The smallest absolute Gasteiger partial charge is 0.0683 e. The molecular formula is C14H21NO2. The third kappa shape index (κ3) is 2.86. The summed E-state index contributed by atoms with van der Waals surface area (Å²) < 4.78 is 0. The topological polar surface area (TPSA) is 43.7 Å². The number of hydrogen-bond donors (Lipinski definition) is 2. The van der Waals surface area contributed by atoms with Crippen LogP contribution in [0.3, 0.4) is 0 Å². The number of benzene rings is 1. The van der Waals surface area contributed by atoms with Gasteiger partial charge in [0.2, 0.25) is 0 Å². The lowest BCUT2D eigenvalue weighted by molar-refractivity contribution is 0.149. The number of β-amino-alcohol motifs (C(OH)–C–C–N with tert-alkyl or cyclic N) is 1. The van der Waals surface area contributed by atoms with Crippen LogP contribution in [-0.4, -0.2) is 40.4 Å². The number of aryl methyl sites for hydroxylation is 1. The zero-order chi connectivity index (χ0) is 12.3. The molecule has 1 aromatic carbocycles. The summed E-state index contributed by atoms with van der Waals surface area (Å²) in [6, 6.07) is 8.50. The summed E-state index contributed by atoms with van der Waals surface area (Å²) in [5.74, 6) is 0. The van der Waals surface area contributed by atoms with Gasteiger partial charge in [-0.2, -0.15) is 0 Å². The van der Waals surface area contributed by atoms with E-state index in [9.17, 15) is 10.2 Å². The average Bonchev–Trinajstić information content (AvgIpc) is 2.70. The lowest BCUT2D eigenvalue weighted by Gasteiger charge is -2.23. The van der Waals surface area contributed by atoms with E-state index in [-0.39, 0.29) is 18.8 Å². The molecule has 0 spiro atoms. The van der Waals surface area contributed by atoms with Gasteiger partial charge in [-0.3, -0.25) is 4.90 Å². The van der Waals surface area contributed by atoms with Crippen LogP contribution in [0, 0.1) is 0 Å². The van der Waals surface area contributed by atoms with E-state index in [0.717, 1.165) is 13.0 Å². The van der Waals surface area contributed by atoms with Crippen molar-refractivity contribution < 1.29 is 10.2 Å². The third-order valence-corrected chi connectivity index (χ3v) is 3.59. The molecule has 1 aromatic rings. The van der Waals surface area contributed by atoms with Crippen molar-refractivity contribution in [2.24, 2.45) is 0 Å². The van der Waals surface area contributed by atoms with E-state index in [2.05, 4.69) is 36.1 Å². The second-order valence-corrected chi connectivity index (χ2v) is 4.78. The molecular weight excluding hydrogens is 214 g/mol. The second-order valence-electron chi connectivity index (χ2n) is 4.78. The fraction of sp³-hybridized carbons (Fsp3) is 0.571. The minimum Gasteiger partial charge on any atom is -0.395 e. The molecule has 2 N–H and O–H groups in total. The van der Waals surface area contributed by atoms with Gasteiger partial charge < -0.3 is 10.2 Å². The molecule has 1 fully saturated rings. The van der Waals surface area contributed by atoms with E-state index >= 15 is 0 Å². The molecule has 94 valence electrons. The maximum Gasteiger partial charge on any atom is 0.0683 e. The van der Waals surface area contributed by atoms with Crippen LogP contribution in [0.1, 0.15) is 24.5 Å². The van der Waals surface area contributed by atoms with Gasteiger partial charge in [0.05, 0.1) is 12.7 Å². The lowest BCUT2D eigenvalue weighted by atomic mass is 10.0. The van der Waals surface area contributed by atoms with E-state index in [4.69, 9.17) is 0 Å². The number of rotatable bonds is 4. The Morgan fingerprint density at radius 1 is 1.29 bits per heavy atom. The first-order valence-electron chi connectivity index (χ1n) is 6.34. The van der Waals surface area contributed by atoms with Gasteiger partial charge in [-0.05, 0) is 24.0 Å². The molecule has 0 aromatic heterocycles. The Kier molecular flexibility index (Phi) is 4.15. The first-order chi connectivity index (χ1) is 8.24. The molecule has 2 atom stereocenters. The van der Waals surface area contributed by atoms with E-state index < -0.39 is 0 Å². The van der Waals surface area contributed by atoms with E-state index in [0.29, 0.717) is 13.0 Å². The standard InChI is InChI=1S/C14H21NO2/c1-2-11-5-3-4-6-12(11)8-15-9-14(17)7-13(15)10-16/h3-6,13-14,16-17H,2,7-10H2,1H3/t13-,14-/m1/s1. The highest BCUT2D eigenvalue weighted by Gasteiger charge is 2.30. The van der Waals surface area contributed by atoms with Gasteiger partial charge in [0.15, 0.2) is 0 Å². The van der Waals surface area contributed by atoms with Crippen molar-refractivity contribution in [1.29, 1.82) is 0 Å². The van der Waals surface area contributed by atoms with Crippen LogP contribution in [0.25, 0.3) is 0 Å². The fourth-order valence-electron chi connectivity index (χ4n) is 2.62. The van der Waals surface area contributed by atoms with Crippen LogP contribution in [0.5, 0.6) is 0 Å². The maximum absolute atomic E-state index is 9.65. The minimum absolute atomic E-state index is 0.106. The molecule has 1 aliphatic rings. The Morgan fingerprint density at radius 3 is 2.65 bits per heavy atom. The number of hydrogen-bond acceptors (Lipinski definition) is 3. The molecule has 1 aliphatic heterocycles. The van der Waals surface area contributed by atoms with Gasteiger partial charge in [-0.1, -0.05) is 31.2 Å². The Morgan fingerprint density at radius 2 is 2.00 bits per heavy atom. The molecule has 2 rings (SSSR count). The highest BCUT2D eigenvalue weighted by atomic mass is 16.3. The lowest BCUT2D eigenvalue weighted by Crippen LogP contribution is -2.32. The summed E-state index contributed by atoms with van der Waals surface area (Å²) in [6.45, 7) is 3.78. The number of nitrogens with zero attached hydrogens (tertiary/aromatic N) is 1. The fourth-order valence-corrected chi connectivity index (χ4v) is 2.62. The zero-order valence-electron chi connectivity index (χ0n) is 10.3. The highest BCUT2D eigenvalue weighted by molar-refractivity contribution is 5.27. The van der Waals surface area contributed by atoms with E-state index in [1.54, 1.807) is 0 Å². The van der Waals surface area contributed by atoms with E-state index in [1.807, 2.05) is 0 Å². The molecule has 0 amide bonds. The molecule has 0 radical (unpaired) electrons. The molecule has 3 heteroatoms. The monoisotopic (exact) mass is 235 g/mol. The Bertz CT molecular complexity index is 367. The van der Waals surface area contributed by atoms with Crippen molar-refractivity contribution in [3.8, 4) is 0 Å². The van der Waals surface area contributed by atoms with Gasteiger partial charge in [-0.15, -0.1) is 0 Å². The molecule has 1 saturated heterocycles. The van der Waals surface area contributed by atoms with Gasteiger partial charge >= 0.3 is 0 Å². The summed E-state index contributed by atoms with van der Waals surface area (Å²) in [5, 5.41) is 19.0. The van der Waals surface area contributed by atoms with Crippen LogP contribution in [0.4, 0.5) is 0 Å². The Hall–Kier alpha value is -0.900. The van der Waals surface area contributed by atoms with Crippen LogP contribution in [-0.2, 0) is 13.0 Å². The van der Waals surface area contributed by atoms with Crippen molar-refractivity contribution in [1.82, 2.24) is 4.90 Å². The van der Waals surface area contributed by atoms with Gasteiger partial charge in [-0.25, -0.2) is 0 Å². The molecule has 0 bridgehead atoms. The van der Waals surface area contributed by atoms with Crippen LogP contribution < -0.4 is 0 Å². The maximum atomic E-state index is 9.65. The van der Waals surface area contributed by atoms with Crippen LogP contribution in [0.15, 0.2) is 24.3 Å². The van der Waals surface area contributed by atoms with Crippen molar-refractivity contribution in [2.75, 3.05) is 13.2 Å². The van der Waals surface area contributed by atoms with Crippen molar-refractivity contribution in [2.45, 2.75) is 38.5 Å². The first-order valence-corrected chi connectivity index (χ1v) is 6.34. The summed E-state index contributed by atoms with van der Waals surface area (Å²) in [5.41, 5.74) is 2.66. The molecule has 3 nitrogen and oxygen atoms in total. The predicted molar refractivity (Wildman–Crippen MR) is 67.7 cm³/mol. The van der Waals surface area contributed by atoms with E-state index in [1.165, 1.54) is 11.1 Å². The number of likely N-dealkylation sites (tertiary alicyclic amines) is 1. The average molecular weight is 235 g/mol. The predicted octanol–water partition coefficient (Wildman–Crippen LogP) is 1.18. The largest absolute Gasteiger partial charge is 0.395 e. The van der Waals surface area contributed by atoms with Crippen LogP contribution in [0.2, 0.25) is 0 Å². The normalized spacial score (nSPS) is 25.4. The summed E-state index contributed by atoms with van der Waals surface area (Å²) in [4.78, 5) is 2.18. The zero-order valence-corrected chi connectivity index (χ0v) is 10.3. The van der Waals surface area contributed by atoms with Crippen molar-refractivity contribution >= 4 is 0 Å². The molecule has 0 unspecified atom stereocenters. The van der Waals surface area contributed by atoms with Crippen molar-refractivity contribution in [3.63, 3.8) is 0 Å². The van der Waals surface area contributed by atoms with Crippen LogP contribution >= 0.6 is 0 Å². The Labute approximate surface area is 103 Å². The summed E-state index contributed by atoms with van der Waals surface area (Å²) >= 11 is 0.